The van der Waals surface area contributed by atoms with E-state index in [1.165, 1.54) is 0 Å². The van der Waals surface area contributed by atoms with Gasteiger partial charge in [0, 0.05) is 16.3 Å². The zero-order valence-electron chi connectivity index (χ0n) is 9.59. The summed E-state index contributed by atoms with van der Waals surface area (Å²) in [6, 6.07) is 6.98. The van der Waals surface area contributed by atoms with Crippen molar-refractivity contribution in [1.29, 1.82) is 0 Å². The van der Waals surface area contributed by atoms with Crippen molar-refractivity contribution in [2.75, 3.05) is 6.26 Å². The van der Waals surface area contributed by atoms with E-state index in [2.05, 4.69) is 21.1 Å². The van der Waals surface area contributed by atoms with E-state index in [9.17, 15) is 8.42 Å². The second-order valence-electron chi connectivity index (χ2n) is 3.72. The van der Waals surface area contributed by atoms with Gasteiger partial charge in [0.1, 0.15) is 11.0 Å². The molecule has 0 saturated carbocycles. The van der Waals surface area contributed by atoms with Crippen LogP contribution in [-0.4, -0.2) is 30.8 Å². The largest absolute Gasteiger partial charge is 0.411 e. The van der Waals surface area contributed by atoms with Crippen LogP contribution >= 0.6 is 15.9 Å². The van der Waals surface area contributed by atoms with Crippen molar-refractivity contribution in [3.8, 4) is 0 Å². The van der Waals surface area contributed by atoms with Gasteiger partial charge in [-0.2, -0.15) is 0 Å². The van der Waals surface area contributed by atoms with Gasteiger partial charge in [0.05, 0.1) is 0 Å². The Bertz CT molecular complexity index is 508. The van der Waals surface area contributed by atoms with Crippen molar-refractivity contribution in [3.63, 3.8) is 0 Å². The van der Waals surface area contributed by atoms with Crippen molar-refractivity contribution in [3.05, 3.63) is 34.3 Å². The summed E-state index contributed by atoms with van der Waals surface area (Å²) in [4.78, 5) is 0. The van der Waals surface area contributed by atoms with E-state index in [1.807, 2.05) is 0 Å². The first-order chi connectivity index (χ1) is 7.90. The molecule has 1 rings (SSSR count). The van der Waals surface area contributed by atoms with Crippen LogP contribution in [-0.2, 0) is 9.84 Å². The van der Waals surface area contributed by atoms with E-state index in [-0.39, 0.29) is 5.71 Å². The molecule has 0 aliphatic heterocycles. The maximum absolute atomic E-state index is 11.6. The number of benzene rings is 1. The third kappa shape index (κ3) is 3.54. The van der Waals surface area contributed by atoms with E-state index in [4.69, 9.17) is 5.21 Å². The number of halogens is 1. The summed E-state index contributed by atoms with van der Waals surface area (Å²) in [5.74, 6) is 0. The Labute approximate surface area is 109 Å². The normalized spacial score (nSPS) is 14.6. The molecule has 1 aromatic rings. The fraction of sp³-hybridized carbons (Fsp3) is 0.364. The molecule has 17 heavy (non-hydrogen) atoms. The first-order valence-corrected chi connectivity index (χ1v) is 7.81. The topological polar surface area (TPSA) is 66.7 Å². The summed E-state index contributed by atoms with van der Waals surface area (Å²) >= 11 is 3.29. The molecule has 0 saturated heterocycles. The second-order valence-corrected chi connectivity index (χ2v) is 6.86. The Morgan fingerprint density at radius 1 is 1.41 bits per heavy atom. The van der Waals surface area contributed by atoms with Gasteiger partial charge in [-0.1, -0.05) is 40.1 Å². The van der Waals surface area contributed by atoms with Crippen LogP contribution in [0, 0.1) is 0 Å². The van der Waals surface area contributed by atoms with Gasteiger partial charge in [-0.05, 0) is 18.6 Å². The lowest BCUT2D eigenvalue weighted by molar-refractivity contribution is 0.318. The van der Waals surface area contributed by atoms with Crippen LogP contribution in [0.2, 0.25) is 0 Å². The lowest BCUT2D eigenvalue weighted by atomic mass is 10.1. The average molecular weight is 320 g/mol. The van der Waals surface area contributed by atoms with Gasteiger partial charge in [0.2, 0.25) is 0 Å². The Balaban J connectivity index is 3.20. The Hall–Kier alpha value is -0.880. The van der Waals surface area contributed by atoms with Crippen molar-refractivity contribution in [2.24, 2.45) is 5.16 Å². The maximum atomic E-state index is 11.6. The summed E-state index contributed by atoms with van der Waals surface area (Å²) < 4.78 is 24.1. The van der Waals surface area contributed by atoms with E-state index in [0.717, 1.165) is 10.7 Å². The maximum Gasteiger partial charge on any atom is 0.156 e. The van der Waals surface area contributed by atoms with Crippen LogP contribution in [0.1, 0.15) is 18.9 Å². The first kappa shape index (κ1) is 14.2. The van der Waals surface area contributed by atoms with Gasteiger partial charge in [-0.3, -0.25) is 0 Å². The molecule has 1 atom stereocenters. The Morgan fingerprint density at radius 2 is 1.94 bits per heavy atom. The summed E-state index contributed by atoms with van der Waals surface area (Å²) in [5, 5.41) is 11.4. The van der Waals surface area contributed by atoms with Crippen LogP contribution in [0.25, 0.3) is 0 Å². The molecule has 6 heteroatoms. The van der Waals surface area contributed by atoms with Gasteiger partial charge in [0.15, 0.2) is 9.84 Å². The van der Waals surface area contributed by atoms with Crippen molar-refractivity contribution >= 4 is 31.5 Å². The summed E-state index contributed by atoms with van der Waals surface area (Å²) in [7, 11) is -3.29. The van der Waals surface area contributed by atoms with Gasteiger partial charge >= 0.3 is 0 Å². The highest BCUT2D eigenvalue weighted by Crippen LogP contribution is 2.17. The molecule has 0 fully saturated rings. The number of rotatable bonds is 4. The third-order valence-electron chi connectivity index (χ3n) is 2.44. The lowest BCUT2D eigenvalue weighted by Crippen LogP contribution is -2.29. The Kier molecular flexibility index (Phi) is 4.70. The van der Waals surface area contributed by atoms with E-state index in [1.54, 1.807) is 31.2 Å². The zero-order chi connectivity index (χ0) is 13.1. The van der Waals surface area contributed by atoms with Crippen molar-refractivity contribution in [2.45, 2.75) is 18.6 Å². The predicted octanol–water partition coefficient (Wildman–Crippen LogP) is 2.45. The van der Waals surface area contributed by atoms with E-state index in [0.29, 0.717) is 12.0 Å². The van der Waals surface area contributed by atoms with Crippen LogP contribution in [0.15, 0.2) is 33.9 Å². The molecule has 1 aromatic carbocycles. The van der Waals surface area contributed by atoms with Crippen molar-refractivity contribution in [1.82, 2.24) is 0 Å². The van der Waals surface area contributed by atoms with Crippen LogP contribution in [0.5, 0.6) is 0 Å². The minimum atomic E-state index is -3.29. The molecule has 0 heterocycles. The quantitative estimate of drug-likeness (QED) is 0.526. The molecule has 0 aromatic heterocycles. The number of hydrogen-bond donors (Lipinski definition) is 1. The molecule has 94 valence electrons. The van der Waals surface area contributed by atoms with Crippen LogP contribution < -0.4 is 0 Å². The standard InChI is InChI=1S/C11H14BrNO3S/c1-3-10(17(2,15)16)11(13-14)8-4-6-9(12)7-5-8/h4-7,10,14H,3H2,1-2H3/b13-11-/t10-/m1/s1. The summed E-state index contributed by atoms with van der Waals surface area (Å²) in [6.45, 7) is 1.75. The molecule has 0 unspecified atom stereocenters. The minimum absolute atomic E-state index is 0.183. The van der Waals surface area contributed by atoms with Gasteiger partial charge < -0.3 is 5.21 Å². The molecule has 4 nitrogen and oxygen atoms in total. The molecule has 0 aliphatic rings. The van der Waals surface area contributed by atoms with Gasteiger partial charge in [-0.15, -0.1) is 0 Å². The molecule has 0 spiro atoms. The first-order valence-electron chi connectivity index (χ1n) is 5.07. The highest BCUT2D eigenvalue weighted by Gasteiger charge is 2.26. The van der Waals surface area contributed by atoms with Crippen molar-refractivity contribution < 1.29 is 13.6 Å². The fourth-order valence-electron chi connectivity index (χ4n) is 1.63. The second kappa shape index (κ2) is 5.64. The number of nitrogens with zero attached hydrogens (tertiary/aromatic N) is 1. The third-order valence-corrected chi connectivity index (χ3v) is 4.56. The summed E-state index contributed by atoms with van der Waals surface area (Å²) in [6.07, 6.45) is 1.51. The summed E-state index contributed by atoms with van der Waals surface area (Å²) in [5.41, 5.74) is 0.787. The monoisotopic (exact) mass is 319 g/mol. The van der Waals surface area contributed by atoms with Gasteiger partial charge in [0.25, 0.3) is 0 Å². The SMILES string of the molecule is CC[C@H](/C(=N\O)c1ccc(Br)cc1)S(C)(=O)=O. The minimum Gasteiger partial charge on any atom is -0.411 e. The average Bonchev–Trinajstić information content (AvgIpc) is 2.25. The smallest absolute Gasteiger partial charge is 0.156 e. The number of hydrogen-bond acceptors (Lipinski definition) is 4. The lowest BCUT2D eigenvalue weighted by Gasteiger charge is -2.14. The molecular weight excluding hydrogens is 306 g/mol. The van der Waals surface area contributed by atoms with Crippen LogP contribution in [0.4, 0.5) is 0 Å². The zero-order valence-corrected chi connectivity index (χ0v) is 12.0. The molecule has 0 bridgehead atoms. The number of sulfone groups is 1. The molecular formula is C11H14BrNO3S. The van der Waals surface area contributed by atoms with E-state index >= 15 is 0 Å². The highest BCUT2D eigenvalue weighted by molar-refractivity contribution is 9.10. The van der Waals surface area contributed by atoms with Gasteiger partial charge in [-0.25, -0.2) is 8.42 Å². The van der Waals surface area contributed by atoms with Crippen LogP contribution in [0.3, 0.4) is 0 Å². The fourth-order valence-corrected chi connectivity index (χ4v) is 3.09. The van der Waals surface area contributed by atoms with E-state index < -0.39 is 15.1 Å². The molecule has 0 radical (unpaired) electrons. The highest BCUT2D eigenvalue weighted by atomic mass is 79.9. The molecule has 1 N–H and O–H groups in total. The molecule has 0 aliphatic carbocycles. The molecule has 0 amide bonds. The Morgan fingerprint density at radius 3 is 2.29 bits per heavy atom. The number of oxime groups is 1. The predicted molar refractivity (Wildman–Crippen MR) is 71.4 cm³/mol.